The number of aromatic nitrogens is 3. The quantitative estimate of drug-likeness (QED) is 0.800. The Balaban J connectivity index is 1.86. The first-order valence-corrected chi connectivity index (χ1v) is 8.72. The molecule has 2 aromatic rings. The van der Waals surface area contributed by atoms with Crippen molar-refractivity contribution in [2.75, 3.05) is 13.7 Å². The van der Waals surface area contributed by atoms with E-state index in [0.717, 1.165) is 31.4 Å². The van der Waals surface area contributed by atoms with Crippen LogP contribution in [-0.2, 0) is 4.79 Å². The Labute approximate surface area is 147 Å². The van der Waals surface area contributed by atoms with E-state index in [0.29, 0.717) is 29.9 Å². The van der Waals surface area contributed by atoms with Gasteiger partial charge in [-0.05, 0) is 31.2 Å². The number of amides is 1. The second-order valence-electron chi connectivity index (χ2n) is 6.74. The average Bonchev–Trinajstić information content (AvgIpc) is 3.10. The van der Waals surface area contributed by atoms with Crippen LogP contribution in [0.15, 0.2) is 22.9 Å². The molecule has 2 aromatic heterocycles. The molecular formula is C18H24N4O3. The average molecular weight is 344 g/mol. The van der Waals surface area contributed by atoms with Crippen molar-refractivity contribution in [2.24, 2.45) is 5.92 Å². The molecule has 0 N–H and O–H groups in total. The summed E-state index contributed by atoms with van der Waals surface area (Å²) in [6, 6.07) is 3.43. The van der Waals surface area contributed by atoms with Gasteiger partial charge in [-0.1, -0.05) is 19.0 Å². The molecule has 7 nitrogen and oxygen atoms in total. The molecule has 1 aliphatic rings. The molecule has 1 amide bonds. The highest BCUT2D eigenvalue weighted by molar-refractivity contribution is 5.77. The Hall–Kier alpha value is -2.44. The van der Waals surface area contributed by atoms with Gasteiger partial charge in [0.15, 0.2) is 0 Å². The number of rotatable bonds is 6. The molecule has 0 bridgehead atoms. The van der Waals surface area contributed by atoms with E-state index in [1.165, 1.54) is 0 Å². The van der Waals surface area contributed by atoms with Gasteiger partial charge in [0, 0.05) is 30.8 Å². The van der Waals surface area contributed by atoms with Crippen molar-refractivity contribution < 1.29 is 14.1 Å². The van der Waals surface area contributed by atoms with Gasteiger partial charge in [-0.25, -0.2) is 4.98 Å². The highest BCUT2D eigenvalue weighted by Crippen LogP contribution is 2.31. The van der Waals surface area contributed by atoms with Crippen LogP contribution in [0.3, 0.4) is 0 Å². The van der Waals surface area contributed by atoms with Crippen molar-refractivity contribution in [3.05, 3.63) is 24.2 Å². The molecule has 0 spiro atoms. The van der Waals surface area contributed by atoms with Gasteiger partial charge in [0.1, 0.15) is 6.04 Å². The van der Waals surface area contributed by atoms with Crippen LogP contribution in [0.1, 0.15) is 51.5 Å². The summed E-state index contributed by atoms with van der Waals surface area (Å²) < 4.78 is 10.6. The predicted molar refractivity (Wildman–Crippen MR) is 91.8 cm³/mol. The molecule has 1 aliphatic heterocycles. The van der Waals surface area contributed by atoms with Crippen LogP contribution < -0.4 is 4.74 Å². The monoisotopic (exact) mass is 344 g/mol. The lowest BCUT2D eigenvalue weighted by Gasteiger charge is -2.33. The van der Waals surface area contributed by atoms with Crippen LogP contribution in [0.25, 0.3) is 11.4 Å². The third-order valence-electron chi connectivity index (χ3n) is 4.36. The molecule has 134 valence electrons. The summed E-state index contributed by atoms with van der Waals surface area (Å²) in [5.41, 5.74) is 0.754. The Bertz CT molecular complexity index is 711. The maximum Gasteiger partial charge on any atom is 0.249 e. The number of nitrogens with zero attached hydrogens (tertiary/aromatic N) is 4. The molecule has 0 aliphatic carbocycles. The summed E-state index contributed by atoms with van der Waals surface area (Å²) in [6.45, 7) is 5.01. The first-order chi connectivity index (χ1) is 12.1. The second kappa shape index (κ2) is 7.63. The summed E-state index contributed by atoms with van der Waals surface area (Å²) in [6.07, 6.45) is 5.02. The number of pyridine rings is 1. The minimum absolute atomic E-state index is 0.166. The summed E-state index contributed by atoms with van der Waals surface area (Å²) in [7, 11) is 1.57. The number of carbonyl (C=O) groups excluding carboxylic acids is 1. The number of methoxy groups -OCH3 is 1. The number of ether oxygens (including phenoxy) is 1. The lowest BCUT2D eigenvalue weighted by molar-refractivity contribution is -0.137. The Morgan fingerprint density at radius 1 is 1.32 bits per heavy atom. The van der Waals surface area contributed by atoms with Gasteiger partial charge in [0.2, 0.25) is 23.5 Å². The second-order valence-corrected chi connectivity index (χ2v) is 6.74. The zero-order valence-corrected chi connectivity index (χ0v) is 14.9. The van der Waals surface area contributed by atoms with Crippen molar-refractivity contribution >= 4 is 5.91 Å². The standard InChI is InChI=1S/C18H24N4O3/c1-12(2)10-14(22-9-5-4-6-16(22)23)18-20-17(21-25-18)13-7-8-15(24-3)19-11-13/h7-8,11-12,14H,4-6,9-10H2,1-3H3/t14-/m0/s1. The van der Waals surface area contributed by atoms with E-state index in [9.17, 15) is 4.79 Å². The van der Waals surface area contributed by atoms with E-state index in [-0.39, 0.29) is 11.9 Å². The minimum atomic E-state index is -0.166. The molecule has 3 rings (SSSR count). The number of carbonyl (C=O) groups is 1. The largest absolute Gasteiger partial charge is 0.481 e. The third-order valence-corrected chi connectivity index (χ3v) is 4.36. The highest BCUT2D eigenvalue weighted by Gasteiger charge is 2.32. The fraction of sp³-hybridized carbons (Fsp3) is 0.556. The molecule has 3 heterocycles. The summed E-state index contributed by atoms with van der Waals surface area (Å²) >= 11 is 0. The van der Waals surface area contributed by atoms with E-state index in [4.69, 9.17) is 9.26 Å². The Kier molecular flexibility index (Phi) is 5.31. The Morgan fingerprint density at radius 3 is 2.80 bits per heavy atom. The van der Waals surface area contributed by atoms with Crippen molar-refractivity contribution in [2.45, 2.75) is 45.6 Å². The van der Waals surface area contributed by atoms with Crippen molar-refractivity contribution in [3.63, 3.8) is 0 Å². The molecule has 1 saturated heterocycles. The fourth-order valence-corrected chi connectivity index (χ4v) is 3.09. The summed E-state index contributed by atoms with van der Waals surface area (Å²) in [5, 5.41) is 4.09. The SMILES string of the molecule is COc1ccc(-c2noc([C@H](CC(C)C)N3CCCCC3=O)n2)cn1. The zero-order chi connectivity index (χ0) is 17.8. The number of likely N-dealkylation sites (tertiary alicyclic amines) is 1. The van der Waals surface area contributed by atoms with Gasteiger partial charge in [0.25, 0.3) is 0 Å². The third kappa shape index (κ3) is 3.97. The minimum Gasteiger partial charge on any atom is -0.481 e. The molecule has 0 aromatic carbocycles. The normalized spacial score (nSPS) is 16.3. The van der Waals surface area contributed by atoms with Gasteiger partial charge in [-0.3, -0.25) is 4.79 Å². The number of hydrogen-bond acceptors (Lipinski definition) is 6. The van der Waals surface area contributed by atoms with Gasteiger partial charge in [0.05, 0.1) is 7.11 Å². The van der Waals surface area contributed by atoms with Crippen molar-refractivity contribution in [1.29, 1.82) is 0 Å². The first kappa shape index (κ1) is 17.4. The number of hydrogen-bond donors (Lipinski definition) is 0. The van der Waals surface area contributed by atoms with Gasteiger partial charge in [-0.2, -0.15) is 4.98 Å². The van der Waals surface area contributed by atoms with E-state index in [1.807, 2.05) is 11.0 Å². The van der Waals surface area contributed by atoms with Gasteiger partial charge >= 0.3 is 0 Å². The zero-order valence-electron chi connectivity index (χ0n) is 14.9. The van der Waals surface area contributed by atoms with Crippen LogP contribution in [-0.4, -0.2) is 39.6 Å². The van der Waals surface area contributed by atoms with E-state index >= 15 is 0 Å². The molecular weight excluding hydrogens is 320 g/mol. The lowest BCUT2D eigenvalue weighted by Crippen LogP contribution is -2.39. The van der Waals surface area contributed by atoms with Crippen LogP contribution in [0.5, 0.6) is 5.88 Å². The topological polar surface area (TPSA) is 81.4 Å². The molecule has 0 saturated carbocycles. The van der Waals surface area contributed by atoms with Crippen molar-refractivity contribution in [3.8, 4) is 17.3 Å². The van der Waals surface area contributed by atoms with Crippen LogP contribution in [0.2, 0.25) is 0 Å². The van der Waals surface area contributed by atoms with E-state index in [1.54, 1.807) is 19.4 Å². The van der Waals surface area contributed by atoms with Crippen molar-refractivity contribution in [1.82, 2.24) is 20.0 Å². The van der Waals surface area contributed by atoms with Crippen LogP contribution >= 0.6 is 0 Å². The van der Waals surface area contributed by atoms with Crippen LogP contribution in [0, 0.1) is 5.92 Å². The molecule has 0 unspecified atom stereocenters. The maximum atomic E-state index is 12.4. The first-order valence-electron chi connectivity index (χ1n) is 8.72. The lowest BCUT2D eigenvalue weighted by atomic mass is 9.99. The van der Waals surface area contributed by atoms with E-state index in [2.05, 4.69) is 29.0 Å². The smallest absolute Gasteiger partial charge is 0.249 e. The fourth-order valence-electron chi connectivity index (χ4n) is 3.09. The Morgan fingerprint density at radius 2 is 2.16 bits per heavy atom. The molecule has 1 fully saturated rings. The summed E-state index contributed by atoms with van der Waals surface area (Å²) in [4.78, 5) is 23.0. The summed E-state index contributed by atoms with van der Waals surface area (Å²) in [5.74, 6) is 2.09. The maximum absolute atomic E-state index is 12.4. The van der Waals surface area contributed by atoms with Gasteiger partial charge < -0.3 is 14.2 Å². The van der Waals surface area contributed by atoms with Crippen LogP contribution in [0.4, 0.5) is 0 Å². The molecule has 25 heavy (non-hydrogen) atoms. The van der Waals surface area contributed by atoms with E-state index < -0.39 is 0 Å². The highest BCUT2D eigenvalue weighted by atomic mass is 16.5. The van der Waals surface area contributed by atoms with Gasteiger partial charge in [-0.15, -0.1) is 0 Å². The molecule has 7 heteroatoms. The number of piperidine rings is 1. The molecule has 1 atom stereocenters. The predicted octanol–water partition coefficient (Wildman–Crippen LogP) is 3.24. The molecule has 0 radical (unpaired) electrons.